The number of pyridine rings is 1. The first-order chi connectivity index (χ1) is 8.32. The molecule has 0 fully saturated rings. The molecular formula is C12H16N2O4. The van der Waals surface area contributed by atoms with Crippen molar-refractivity contribution in [3.05, 3.63) is 33.7 Å². The summed E-state index contributed by atoms with van der Waals surface area (Å²) in [4.78, 5) is 38.1. The maximum atomic E-state index is 12.1. The fourth-order valence-corrected chi connectivity index (χ4v) is 1.53. The summed E-state index contributed by atoms with van der Waals surface area (Å²) in [6.45, 7) is 4.67. The number of carbonyl (C=O) groups excluding carboxylic acids is 1. The minimum atomic E-state index is -1.11. The van der Waals surface area contributed by atoms with Crippen LogP contribution in [0, 0.1) is 6.92 Å². The van der Waals surface area contributed by atoms with Crippen LogP contribution in [0.3, 0.4) is 0 Å². The van der Waals surface area contributed by atoms with Crippen LogP contribution >= 0.6 is 0 Å². The third-order valence-electron chi connectivity index (χ3n) is 2.48. The summed E-state index contributed by atoms with van der Waals surface area (Å²) in [5, 5.41) is 8.76. The van der Waals surface area contributed by atoms with Crippen molar-refractivity contribution < 1.29 is 14.7 Å². The molecule has 0 aromatic carbocycles. The van der Waals surface area contributed by atoms with Gasteiger partial charge in [-0.15, -0.1) is 0 Å². The molecule has 0 aliphatic rings. The second-order valence-electron chi connectivity index (χ2n) is 4.30. The maximum absolute atomic E-state index is 12.1. The fourth-order valence-electron chi connectivity index (χ4n) is 1.53. The molecule has 6 heteroatoms. The molecule has 0 bridgehead atoms. The molecular weight excluding hydrogens is 236 g/mol. The lowest BCUT2D eigenvalue weighted by atomic mass is 10.2. The summed E-state index contributed by atoms with van der Waals surface area (Å²) >= 11 is 0. The Balaban J connectivity index is 3.10. The van der Waals surface area contributed by atoms with E-state index in [1.165, 1.54) is 6.07 Å². The van der Waals surface area contributed by atoms with Crippen molar-refractivity contribution in [1.29, 1.82) is 0 Å². The van der Waals surface area contributed by atoms with Crippen molar-refractivity contribution in [1.82, 2.24) is 9.88 Å². The lowest BCUT2D eigenvalue weighted by molar-refractivity contribution is -0.138. The number of amides is 1. The Kier molecular flexibility index (Phi) is 4.25. The van der Waals surface area contributed by atoms with Crippen molar-refractivity contribution in [2.45, 2.75) is 26.8 Å². The van der Waals surface area contributed by atoms with Gasteiger partial charge >= 0.3 is 5.97 Å². The maximum Gasteiger partial charge on any atom is 0.323 e. The number of nitrogens with one attached hydrogen (secondary N) is 1. The van der Waals surface area contributed by atoms with E-state index in [9.17, 15) is 14.4 Å². The Morgan fingerprint density at radius 3 is 2.44 bits per heavy atom. The van der Waals surface area contributed by atoms with E-state index in [2.05, 4.69) is 4.98 Å². The molecule has 0 atom stereocenters. The average molecular weight is 252 g/mol. The van der Waals surface area contributed by atoms with Gasteiger partial charge < -0.3 is 15.0 Å². The van der Waals surface area contributed by atoms with Crippen molar-refractivity contribution in [2.75, 3.05) is 6.54 Å². The number of nitrogens with zero attached hydrogens (tertiary/aromatic N) is 1. The van der Waals surface area contributed by atoms with Gasteiger partial charge in [0.25, 0.3) is 11.5 Å². The summed E-state index contributed by atoms with van der Waals surface area (Å²) in [6, 6.07) is 2.72. The second kappa shape index (κ2) is 5.48. The number of hydrogen-bond donors (Lipinski definition) is 2. The standard InChI is InChI=1S/C12H16N2O4/c1-7(2)14(6-10(15)16)12(18)9-5-4-8(3)13-11(9)17/h4-5,7H,6H2,1-3H3,(H,13,17)(H,15,16). The number of carbonyl (C=O) groups is 2. The van der Waals surface area contributed by atoms with Crippen LogP contribution in [0.15, 0.2) is 16.9 Å². The van der Waals surface area contributed by atoms with E-state index >= 15 is 0 Å². The molecule has 18 heavy (non-hydrogen) atoms. The van der Waals surface area contributed by atoms with E-state index in [-0.39, 0.29) is 11.6 Å². The van der Waals surface area contributed by atoms with Gasteiger partial charge in [0.2, 0.25) is 0 Å². The number of aliphatic carboxylic acids is 1. The van der Waals surface area contributed by atoms with Crippen molar-refractivity contribution in [3.8, 4) is 0 Å². The highest BCUT2D eigenvalue weighted by molar-refractivity contribution is 5.95. The number of hydrogen-bond acceptors (Lipinski definition) is 3. The fraction of sp³-hybridized carbons (Fsp3) is 0.417. The normalized spacial score (nSPS) is 10.4. The van der Waals surface area contributed by atoms with Gasteiger partial charge in [0.1, 0.15) is 12.1 Å². The van der Waals surface area contributed by atoms with E-state index < -0.39 is 24.0 Å². The van der Waals surface area contributed by atoms with Gasteiger partial charge in [0.15, 0.2) is 0 Å². The van der Waals surface area contributed by atoms with Gasteiger partial charge in [-0.25, -0.2) is 0 Å². The third-order valence-corrected chi connectivity index (χ3v) is 2.48. The molecule has 0 spiro atoms. The zero-order valence-corrected chi connectivity index (χ0v) is 10.6. The number of carboxylic acids is 1. The van der Waals surface area contributed by atoms with Crippen LogP contribution < -0.4 is 5.56 Å². The zero-order chi connectivity index (χ0) is 13.9. The average Bonchev–Trinajstić information content (AvgIpc) is 2.24. The van der Waals surface area contributed by atoms with Crippen molar-refractivity contribution >= 4 is 11.9 Å². The molecule has 6 nitrogen and oxygen atoms in total. The number of rotatable bonds is 4. The molecule has 1 amide bonds. The highest BCUT2D eigenvalue weighted by Gasteiger charge is 2.23. The first-order valence-electron chi connectivity index (χ1n) is 5.55. The van der Waals surface area contributed by atoms with Crippen LogP contribution in [-0.4, -0.2) is 39.5 Å². The van der Waals surface area contributed by atoms with E-state index in [0.717, 1.165) is 4.90 Å². The smallest absolute Gasteiger partial charge is 0.323 e. The SMILES string of the molecule is Cc1ccc(C(=O)N(CC(=O)O)C(C)C)c(=O)[nH]1. The van der Waals surface area contributed by atoms with Crippen LogP contribution in [0.5, 0.6) is 0 Å². The van der Waals surface area contributed by atoms with E-state index in [1.54, 1.807) is 26.8 Å². The molecule has 1 rings (SSSR count). The molecule has 1 heterocycles. The Labute approximate surface area is 104 Å². The monoisotopic (exact) mass is 252 g/mol. The predicted molar refractivity (Wildman–Crippen MR) is 65.6 cm³/mol. The van der Waals surface area contributed by atoms with Crippen LogP contribution in [0.1, 0.15) is 29.9 Å². The van der Waals surface area contributed by atoms with Gasteiger partial charge in [0.05, 0.1) is 0 Å². The lowest BCUT2D eigenvalue weighted by Gasteiger charge is -2.24. The molecule has 0 aliphatic heterocycles. The summed E-state index contributed by atoms with van der Waals surface area (Å²) in [6.07, 6.45) is 0. The van der Waals surface area contributed by atoms with Crippen molar-refractivity contribution in [3.63, 3.8) is 0 Å². The summed E-state index contributed by atoms with van der Waals surface area (Å²) in [5.74, 6) is -1.69. The van der Waals surface area contributed by atoms with Crippen LogP contribution in [-0.2, 0) is 4.79 Å². The molecule has 0 aliphatic carbocycles. The summed E-state index contributed by atoms with van der Waals surface area (Å²) < 4.78 is 0. The molecule has 0 saturated carbocycles. The quantitative estimate of drug-likeness (QED) is 0.821. The molecule has 2 N–H and O–H groups in total. The predicted octanol–water partition coefficient (Wildman–Crippen LogP) is 0.619. The zero-order valence-electron chi connectivity index (χ0n) is 10.6. The Bertz CT molecular complexity index is 519. The minimum absolute atomic E-state index is 0.0458. The van der Waals surface area contributed by atoms with E-state index in [4.69, 9.17) is 5.11 Å². The number of aromatic amines is 1. The van der Waals surface area contributed by atoms with Gasteiger partial charge in [0, 0.05) is 11.7 Å². The molecule has 0 radical (unpaired) electrons. The first-order valence-corrected chi connectivity index (χ1v) is 5.55. The largest absolute Gasteiger partial charge is 0.480 e. The number of aryl methyl sites for hydroxylation is 1. The highest BCUT2D eigenvalue weighted by Crippen LogP contribution is 2.05. The minimum Gasteiger partial charge on any atom is -0.480 e. The van der Waals surface area contributed by atoms with Crippen LogP contribution in [0.25, 0.3) is 0 Å². The van der Waals surface area contributed by atoms with Gasteiger partial charge in [-0.1, -0.05) is 0 Å². The highest BCUT2D eigenvalue weighted by atomic mass is 16.4. The second-order valence-corrected chi connectivity index (χ2v) is 4.30. The number of aromatic nitrogens is 1. The summed E-state index contributed by atoms with van der Waals surface area (Å²) in [5.41, 5.74) is 0.0949. The summed E-state index contributed by atoms with van der Waals surface area (Å²) in [7, 11) is 0. The molecule has 0 unspecified atom stereocenters. The van der Waals surface area contributed by atoms with Gasteiger partial charge in [-0.3, -0.25) is 14.4 Å². The van der Waals surface area contributed by atoms with Gasteiger partial charge in [-0.05, 0) is 32.9 Å². The lowest BCUT2D eigenvalue weighted by Crippen LogP contribution is -2.42. The van der Waals surface area contributed by atoms with Crippen LogP contribution in [0.4, 0.5) is 0 Å². The van der Waals surface area contributed by atoms with Crippen LogP contribution in [0.2, 0.25) is 0 Å². The molecule has 0 saturated heterocycles. The van der Waals surface area contributed by atoms with E-state index in [0.29, 0.717) is 5.69 Å². The first kappa shape index (κ1) is 14.0. The van der Waals surface area contributed by atoms with E-state index in [1.807, 2.05) is 0 Å². The Morgan fingerprint density at radius 1 is 1.39 bits per heavy atom. The number of H-pyrrole nitrogens is 1. The van der Waals surface area contributed by atoms with Gasteiger partial charge in [-0.2, -0.15) is 0 Å². The number of carboxylic acid groups (broad SMARTS) is 1. The Hall–Kier alpha value is -2.11. The third kappa shape index (κ3) is 3.19. The Morgan fingerprint density at radius 2 is 2.00 bits per heavy atom. The topological polar surface area (TPSA) is 90.5 Å². The molecule has 98 valence electrons. The molecule has 1 aromatic rings. The van der Waals surface area contributed by atoms with Crippen molar-refractivity contribution in [2.24, 2.45) is 0 Å². The molecule has 1 aromatic heterocycles.